The molecule has 0 amide bonds. The summed E-state index contributed by atoms with van der Waals surface area (Å²) in [4.78, 5) is 70.0. The van der Waals surface area contributed by atoms with Crippen LogP contribution in [0.2, 0.25) is 0 Å². The molecule has 0 aromatic heterocycles. The van der Waals surface area contributed by atoms with Gasteiger partial charge in [-0.2, -0.15) is 0 Å². The van der Waals surface area contributed by atoms with E-state index in [1.165, 1.54) is 50.6 Å². The van der Waals surface area contributed by atoms with Gasteiger partial charge in [0.15, 0.2) is 0 Å². The Morgan fingerprint density at radius 1 is 0.543 bits per heavy atom. The summed E-state index contributed by atoms with van der Waals surface area (Å²) in [6, 6.07) is 25.6. The van der Waals surface area contributed by atoms with Gasteiger partial charge >= 0.3 is 11.9 Å². The van der Waals surface area contributed by atoms with E-state index in [1.807, 2.05) is 6.07 Å². The van der Waals surface area contributed by atoms with E-state index in [0.717, 1.165) is 0 Å². The highest BCUT2D eigenvalue weighted by Crippen LogP contribution is 2.41. The number of esters is 2. The van der Waals surface area contributed by atoms with Crippen LogP contribution in [0.4, 0.5) is 11.4 Å². The summed E-state index contributed by atoms with van der Waals surface area (Å²) in [5, 5.41) is 21.9. The third-order valence-corrected chi connectivity index (χ3v) is 7.31. The third-order valence-electron chi connectivity index (χ3n) is 7.31. The Morgan fingerprint density at radius 2 is 0.935 bits per heavy atom. The number of hydrogen-bond acceptors (Lipinski definition) is 10. The van der Waals surface area contributed by atoms with Gasteiger partial charge in [-0.15, -0.1) is 0 Å². The van der Waals surface area contributed by atoms with Crippen LogP contribution in [0.3, 0.4) is 0 Å². The largest absolute Gasteiger partial charge is 0.465 e. The molecular formula is C34H22N2O10. The lowest BCUT2D eigenvalue weighted by molar-refractivity contribution is -0.385. The van der Waals surface area contributed by atoms with Crippen molar-refractivity contribution in [1.29, 1.82) is 0 Å². The maximum atomic E-state index is 12.6. The number of non-ortho nitro benzene ring substituents is 2. The van der Waals surface area contributed by atoms with Crippen LogP contribution >= 0.6 is 0 Å². The van der Waals surface area contributed by atoms with Crippen LogP contribution in [0.15, 0.2) is 108 Å². The lowest BCUT2D eigenvalue weighted by Crippen LogP contribution is -2.12. The molecule has 0 aliphatic heterocycles. The quantitative estimate of drug-likeness (QED) is 0.116. The molecule has 12 heteroatoms. The average Bonchev–Trinajstić information content (AvgIpc) is 3.54. The molecule has 2 aliphatic rings. The molecule has 4 aromatic rings. The molecule has 6 rings (SSSR count). The van der Waals surface area contributed by atoms with Gasteiger partial charge in [0.2, 0.25) is 11.6 Å². The van der Waals surface area contributed by atoms with Crippen LogP contribution in [0.25, 0.3) is 11.1 Å². The molecule has 0 bridgehead atoms. The summed E-state index contributed by atoms with van der Waals surface area (Å²) in [6.45, 7) is 0. The minimum absolute atomic E-state index is 0.103. The summed E-state index contributed by atoms with van der Waals surface area (Å²) in [7, 11) is 2.38. The molecule has 0 heterocycles. The van der Waals surface area contributed by atoms with Gasteiger partial charge in [-0.1, -0.05) is 60.7 Å². The van der Waals surface area contributed by atoms with E-state index in [-0.39, 0.29) is 33.6 Å². The second-order valence-corrected chi connectivity index (χ2v) is 9.85. The van der Waals surface area contributed by atoms with E-state index >= 15 is 0 Å². The standard InChI is InChI=1S/2C17H11NO5/c1-23-17(20)15-14(10-5-3-2-4-6-10)13-9-11(18(21)22)7-8-12(13)16(15)19;1-23-17(20)15-14(10-5-3-2-4-6-10)12-8-7-11(18(21)22)9-13(12)16(15)19/h2*2-9H,1H3. The van der Waals surface area contributed by atoms with Crippen LogP contribution in [-0.4, -0.2) is 47.6 Å². The first kappa shape index (κ1) is 30.9. The molecule has 0 spiro atoms. The van der Waals surface area contributed by atoms with Gasteiger partial charge in [-0.05, 0) is 28.8 Å². The second-order valence-electron chi connectivity index (χ2n) is 9.85. The molecule has 12 nitrogen and oxygen atoms in total. The first-order chi connectivity index (χ1) is 22.1. The topological polar surface area (TPSA) is 173 Å². The van der Waals surface area contributed by atoms with Crippen LogP contribution in [0.1, 0.15) is 43.0 Å². The predicted octanol–water partition coefficient (Wildman–Crippen LogP) is 5.53. The fourth-order valence-electron chi connectivity index (χ4n) is 5.27. The zero-order chi connectivity index (χ0) is 33.1. The molecule has 46 heavy (non-hydrogen) atoms. The number of carbonyl (C=O) groups excluding carboxylic acids is 4. The minimum Gasteiger partial charge on any atom is -0.465 e. The molecule has 0 saturated carbocycles. The molecule has 228 valence electrons. The lowest BCUT2D eigenvalue weighted by Gasteiger charge is -2.07. The summed E-state index contributed by atoms with van der Waals surface area (Å²) >= 11 is 0. The van der Waals surface area contributed by atoms with Crippen molar-refractivity contribution < 1.29 is 38.5 Å². The second kappa shape index (κ2) is 12.6. The van der Waals surface area contributed by atoms with Gasteiger partial charge in [0.05, 0.1) is 24.1 Å². The number of methoxy groups -OCH3 is 2. The highest BCUT2D eigenvalue weighted by atomic mass is 16.6. The number of nitro benzene ring substituents is 2. The van der Waals surface area contributed by atoms with Crippen LogP contribution in [0, 0.1) is 20.2 Å². The number of fused-ring (bicyclic) bond motifs is 2. The van der Waals surface area contributed by atoms with Crippen LogP contribution < -0.4 is 0 Å². The fourth-order valence-corrected chi connectivity index (χ4v) is 5.27. The Bertz CT molecular complexity index is 2030. The Morgan fingerprint density at radius 3 is 1.37 bits per heavy atom. The van der Waals surface area contributed by atoms with E-state index in [2.05, 4.69) is 0 Å². The number of ketones is 2. The fraction of sp³-hybridized carbons (Fsp3) is 0.0588. The van der Waals surface area contributed by atoms with Crippen molar-refractivity contribution in [2.45, 2.75) is 0 Å². The number of nitrogens with zero attached hydrogens (tertiary/aromatic N) is 2. The summed E-state index contributed by atoms with van der Waals surface area (Å²) in [5.74, 6) is -2.56. The molecule has 0 fully saturated rings. The van der Waals surface area contributed by atoms with Crippen molar-refractivity contribution in [2.24, 2.45) is 0 Å². The van der Waals surface area contributed by atoms with Crippen molar-refractivity contribution in [3.63, 3.8) is 0 Å². The van der Waals surface area contributed by atoms with Gasteiger partial charge in [0.25, 0.3) is 11.4 Å². The number of ether oxygens (including phenoxy) is 2. The zero-order valence-electron chi connectivity index (χ0n) is 24.2. The summed E-state index contributed by atoms with van der Waals surface area (Å²) < 4.78 is 9.43. The molecule has 4 aromatic carbocycles. The van der Waals surface area contributed by atoms with Crippen LogP contribution in [0.5, 0.6) is 0 Å². The van der Waals surface area contributed by atoms with Crippen molar-refractivity contribution in [3.05, 3.63) is 162 Å². The highest BCUT2D eigenvalue weighted by Gasteiger charge is 2.37. The normalized spacial score (nSPS) is 13.0. The Balaban J connectivity index is 0.000000181. The third kappa shape index (κ3) is 5.46. The molecule has 2 aliphatic carbocycles. The van der Waals surface area contributed by atoms with E-state index in [0.29, 0.717) is 33.4 Å². The van der Waals surface area contributed by atoms with Crippen molar-refractivity contribution in [2.75, 3.05) is 14.2 Å². The van der Waals surface area contributed by atoms with E-state index in [1.54, 1.807) is 54.6 Å². The summed E-state index contributed by atoms with van der Waals surface area (Å²) in [5.41, 5.74) is 2.81. The molecule has 0 N–H and O–H groups in total. The average molecular weight is 619 g/mol. The van der Waals surface area contributed by atoms with Gasteiger partial charge in [0, 0.05) is 52.1 Å². The number of carbonyl (C=O) groups is 4. The number of hydrogen-bond donors (Lipinski definition) is 0. The Kier molecular flexibility index (Phi) is 8.45. The zero-order valence-corrected chi connectivity index (χ0v) is 24.2. The maximum absolute atomic E-state index is 12.6. The molecule has 0 atom stereocenters. The first-order valence-corrected chi connectivity index (χ1v) is 13.5. The maximum Gasteiger partial charge on any atom is 0.342 e. The number of benzene rings is 4. The summed E-state index contributed by atoms with van der Waals surface area (Å²) in [6.07, 6.45) is 0. The number of Topliss-reactive ketones (excluding diaryl/α,β-unsaturated/α-hetero) is 2. The molecular weight excluding hydrogens is 596 g/mol. The SMILES string of the molecule is COC(=O)C1=C(c2ccccc2)c2cc([N+](=O)[O-])ccc2C1=O.COC(=O)C1=C(c2ccccc2)c2ccc([N+](=O)[O-])cc2C1=O. The monoisotopic (exact) mass is 618 g/mol. The predicted molar refractivity (Wildman–Crippen MR) is 164 cm³/mol. The lowest BCUT2D eigenvalue weighted by atomic mass is 9.97. The number of rotatable bonds is 6. The van der Waals surface area contributed by atoms with Gasteiger partial charge in [-0.3, -0.25) is 29.8 Å². The van der Waals surface area contributed by atoms with Crippen LogP contribution in [-0.2, 0) is 19.1 Å². The molecule has 0 radical (unpaired) electrons. The Hall–Kier alpha value is -6.56. The smallest absolute Gasteiger partial charge is 0.342 e. The van der Waals surface area contributed by atoms with Gasteiger partial charge < -0.3 is 9.47 Å². The number of nitro groups is 2. The highest BCUT2D eigenvalue weighted by molar-refractivity contribution is 6.36. The van der Waals surface area contributed by atoms with E-state index < -0.39 is 33.4 Å². The molecule has 0 saturated heterocycles. The first-order valence-electron chi connectivity index (χ1n) is 13.5. The van der Waals surface area contributed by atoms with E-state index in [9.17, 15) is 39.4 Å². The van der Waals surface area contributed by atoms with Gasteiger partial charge in [-0.25, -0.2) is 9.59 Å². The minimum atomic E-state index is -0.757. The van der Waals surface area contributed by atoms with Crippen molar-refractivity contribution >= 4 is 46.0 Å². The van der Waals surface area contributed by atoms with Crippen molar-refractivity contribution in [3.8, 4) is 0 Å². The van der Waals surface area contributed by atoms with Gasteiger partial charge in [0.1, 0.15) is 11.1 Å². The van der Waals surface area contributed by atoms with E-state index in [4.69, 9.17) is 9.47 Å². The molecule has 0 unspecified atom stereocenters. The Labute approximate surface area is 260 Å². The van der Waals surface area contributed by atoms with Crippen molar-refractivity contribution in [1.82, 2.24) is 0 Å².